The number of aromatic nitrogens is 1. The molecule has 0 bridgehead atoms. The molecule has 2 heterocycles. The molecule has 0 unspecified atom stereocenters. The van der Waals surface area contributed by atoms with Crippen molar-refractivity contribution in [3.05, 3.63) is 87.2 Å². The lowest BCUT2D eigenvalue weighted by atomic mass is 10.1. The molecule has 0 radical (unpaired) electrons. The highest BCUT2D eigenvalue weighted by Crippen LogP contribution is 2.40. The van der Waals surface area contributed by atoms with E-state index in [-0.39, 0.29) is 12.5 Å². The molecule has 1 amide bonds. The first-order valence-corrected chi connectivity index (χ1v) is 11.4. The number of carbonyl (C=O) groups is 1. The molecule has 3 aromatic rings. The topological polar surface area (TPSA) is 51.7 Å². The number of anilines is 1. The number of hydrogen-bond donors (Lipinski definition) is 0. The van der Waals surface area contributed by atoms with E-state index in [0.29, 0.717) is 30.9 Å². The van der Waals surface area contributed by atoms with Crippen molar-refractivity contribution in [2.45, 2.75) is 6.61 Å². The largest absolute Gasteiger partial charge is 0.493 e. The lowest BCUT2D eigenvalue weighted by Gasteiger charge is -2.14. The van der Waals surface area contributed by atoms with Gasteiger partial charge in [0, 0.05) is 6.20 Å². The Hall–Kier alpha value is -2.75. The lowest BCUT2D eigenvalue weighted by Crippen LogP contribution is -2.27. The Morgan fingerprint density at radius 2 is 2.06 bits per heavy atom. The average molecular weight is 531 g/mol. The van der Waals surface area contributed by atoms with E-state index < -0.39 is 5.82 Å². The number of ether oxygens (including phenoxy) is 2. The fourth-order valence-corrected chi connectivity index (χ4v) is 4.92. The van der Waals surface area contributed by atoms with Gasteiger partial charge in [-0.25, -0.2) is 4.39 Å². The smallest absolute Gasteiger partial charge is 0.270 e. The average Bonchev–Trinajstić information content (AvgIpc) is 3.06. The number of thioether (sulfide) groups is 1. The summed E-state index contributed by atoms with van der Waals surface area (Å²) in [6.45, 7) is 0.279. The molecule has 0 spiro atoms. The van der Waals surface area contributed by atoms with Crippen molar-refractivity contribution in [2.24, 2.45) is 0 Å². The van der Waals surface area contributed by atoms with Crippen molar-refractivity contribution < 1.29 is 18.7 Å². The highest BCUT2D eigenvalue weighted by molar-refractivity contribution is 9.10. The number of hydrogen-bond acceptors (Lipinski definition) is 6. The zero-order valence-electron chi connectivity index (χ0n) is 16.7. The highest BCUT2D eigenvalue weighted by Gasteiger charge is 2.33. The Morgan fingerprint density at radius 3 is 2.78 bits per heavy atom. The molecule has 4 rings (SSSR count). The second kappa shape index (κ2) is 9.81. The summed E-state index contributed by atoms with van der Waals surface area (Å²) in [4.78, 5) is 18.9. The van der Waals surface area contributed by atoms with E-state index in [1.54, 1.807) is 37.6 Å². The molecule has 1 saturated heterocycles. The summed E-state index contributed by atoms with van der Waals surface area (Å²) >= 11 is 10.0. The standard InChI is InChI=1S/C23H16BrFN2O3S2/c1-29-19-10-14(9-18(24)21(19)30-13-16-6-2-3-8-26-16)11-20-22(28)27(23(31)32-20)17-7-4-5-15(25)12-17/h2-12H,13H2,1H3/b20-11-. The number of halogens is 2. The molecule has 2 aromatic carbocycles. The number of carbonyl (C=O) groups excluding carboxylic acids is 1. The molecular weight excluding hydrogens is 515 g/mol. The zero-order chi connectivity index (χ0) is 22.7. The van der Waals surface area contributed by atoms with Crippen molar-refractivity contribution >= 4 is 61.9 Å². The molecule has 162 valence electrons. The predicted octanol–water partition coefficient (Wildman–Crippen LogP) is 5.98. The van der Waals surface area contributed by atoms with Gasteiger partial charge in [0.2, 0.25) is 0 Å². The number of thiocarbonyl (C=S) groups is 1. The van der Waals surface area contributed by atoms with Gasteiger partial charge in [0.05, 0.1) is 27.9 Å². The van der Waals surface area contributed by atoms with Gasteiger partial charge < -0.3 is 9.47 Å². The van der Waals surface area contributed by atoms with Crippen molar-refractivity contribution in [3.63, 3.8) is 0 Å². The molecule has 1 aliphatic rings. The molecule has 0 atom stereocenters. The summed E-state index contributed by atoms with van der Waals surface area (Å²) < 4.78 is 26.0. The van der Waals surface area contributed by atoms with Crippen LogP contribution in [-0.2, 0) is 11.4 Å². The Bertz CT molecular complexity index is 1220. The first-order valence-electron chi connectivity index (χ1n) is 9.40. The van der Waals surface area contributed by atoms with Gasteiger partial charge in [-0.1, -0.05) is 36.1 Å². The number of amides is 1. The Balaban J connectivity index is 1.59. The van der Waals surface area contributed by atoms with Crippen LogP contribution in [0, 0.1) is 5.82 Å². The van der Waals surface area contributed by atoms with Gasteiger partial charge in [0.1, 0.15) is 12.4 Å². The number of rotatable bonds is 6. The van der Waals surface area contributed by atoms with Crippen LogP contribution in [0.25, 0.3) is 6.08 Å². The predicted molar refractivity (Wildman–Crippen MR) is 131 cm³/mol. The summed E-state index contributed by atoms with van der Waals surface area (Å²) in [7, 11) is 1.54. The van der Waals surface area contributed by atoms with E-state index >= 15 is 0 Å². The maximum Gasteiger partial charge on any atom is 0.270 e. The molecule has 0 N–H and O–H groups in total. The van der Waals surface area contributed by atoms with Crippen LogP contribution in [0.3, 0.4) is 0 Å². The zero-order valence-corrected chi connectivity index (χ0v) is 20.0. The van der Waals surface area contributed by atoms with Crippen molar-refractivity contribution in [3.8, 4) is 11.5 Å². The summed E-state index contributed by atoms with van der Waals surface area (Å²) in [6.07, 6.45) is 3.42. The number of methoxy groups -OCH3 is 1. The third-order valence-corrected chi connectivity index (χ3v) is 6.39. The monoisotopic (exact) mass is 530 g/mol. The van der Waals surface area contributed by atoms with E-state index in [1.807, 2.05) is 24.3 Å². The molecule has 9 heteroatoms. The minimum atomic E-state index is -0.435. The highest BCUT2D eigenvalue weighted by atomic mass is 79.9. The molecule has 1 fully saturated rings. The second-order valence-corrected chi connectivity index (χ2v) is 9.17. The quantitative estimate of drug-likeness (QED) is 0.288. The fourth-order valence-electron chi connectivity index (χ4n) is 3.05. The van der Waals surface area contributed by atoms with Crippen LogP contribution < -0.4 is 14.4 Å². The van der Waals surface area contributed by atoms with Crippen LogP contribution in [0.1, 0.15) is 11.3 Å². The Morgan fingerprint density at radius 1 is 1.22 bits per heavy atom. The molecule has 0 aliphatic carbocycles. The van der Waals surface area contributed by atoms with E-state index in [0.717, 1.165) is 23.0 Å². The SMILES string of the molecule is COc1cc(/C=C2\SC(=S)N(c3cccc(F)c3)C2=O)cc(Br)c1OCc1ccccn1. The third kappa shape index (κ3) is 4.85. The minimum Gasteiger partial charge on any atom is -0.493 e. The number of pyridine rings is 1. The fraction of sp³-hybridized carbons (Fsp3) is 0.0870. The summed E-state index contributed by atoms with van der Waals surface area (Å²) in [5.74, 6) is 0.288. The minimum absolute atomic E-state index is 0.279. The van der Waals surface area contributed by atoms with Gasteiger partial charge in [-0.05, 0) is 70.0 Å². The lowest BCUT2D eigenvalue weighted by molar-refractivity contribution is -0.113. The van der Waals surface area contributed by atoms with Crippen molar-refractivity contribution in [1.82, 2.24) is 4.98 Å². The van der Waals surface area contributed by atoms with Gasteiger partial charge in [-0.15, -0.1) is 0 Å². The maximum atomic E-state index is 13.6. The van der Waals surface area contributed by atoms with Gasteiger partial charge in [-0.3, -0.25) is 14.7 Å². The van der Waals surface area contributed by atoms with Gasteiger partial charge in [0.15, 0.2) is 15.8 Å². The van der Waals surface area contributed by atoms with Gasteiger partial charge in [0.25, 0.3) is 5.91 Å². The van der Waals surface area contributed by atoms with Crippen molar-refractivity contribution in [1.29, 1.82) is 0 Å². The van der Waals surface area contributed by atoms with Crippen LogP contribution in [-0.4, -0.2) is 22.3 Å². The first-order chi connectivity index (χ1) is 15.5. The van der Waals surface area contributed by atoms with E-state index in [1.165, 1.54) is 17.0 Å². The van der Waals surface area contributed by atoms with E-state index in [2.05, 4.69) is 20.9 Å². The molecule has 1 aliphatic heterocycles. The van der Waals surface area contributed by atoms with Crippen LogP contribution in [0.15, 0.2) is 70.2 Å². The maximum absolute atomic E-state index is 13.6. The first kappa shape index (κ1) is 22.4. The van der Waals surface area contributed by atoms with Crippen LogP contribution >= 0.6 is 39.9 Å². The van der Waals surface area contributed by atoms with Gasteiger partial charge >= 0.3 is 0 Å². The number of benzene rings is 2. The normalized spacial score (nSPS) is 14.8. The Kier molecular flexibility index (Phi) is 6.88. The summed E-state index contributed by atoms with van der Waals surface area (Å²) in [5.41, 5.74) is 1.90. The van der Waals surface area contributed by atoms with Crippen molar-refractivity contribution in [2.75, 3.05) is 12.0 Å². The second-order valence-electron chi connectivity index (χ2n) is 6.64. The molecule has 1 aromatic heterocycles. The van der Waals surface area contributed by atoms with E-state index in [4.69, 9.17) is 21.7 Å². The van der Waals surface area contributed by atoms with E-state index in [9.17, 15) is 9.18 Å². The van der Waals surface area contributed by atoms with Crippen LogP contribution in [0.5, 0.6) is 11.5 Å². The molecule has 0 saturated carbocycles. The van der Waals surface area contributed by atoms with Crippen LogP contribution in [0.2, 0.25) is 0 Å². The molecular formula is C23H16BrFN2O3S2. The summed E-state index contributed by atoms with van der Waals surface area (Å²) in [6, 6.07) is 15.0. The van der Waals surface area contributed by atoms with Gasteiger partial charge in [-0.2, -0.15) is 0 Å². The van der Waals surface area contributed by atoms with Crippen LogP contribution in [0.4, 0.5) is 10.1 Å². The third-order valence-electron chi connectivity index (χ3n) is 4.50. The summed E-state index contributed by atoms with van der Waals surface area (Å²) in [5, 5.41) is 0. The molecule has 5 nitrogen and oxygen atoms in total. The Labute approximate surface area is 202 Å². The molecule has 32 heavy (non-hydrogen) atoms. The number of nitrogens with zero attached hydrogens (tertiary/aromatic N) is 2.